The van der Waals surface area contributed by atoms with Crippen LogP contribution in [-0.2, 0) is 20.5 Å². The highest BCUT2D eigenvalue weighted by molar-refractivity contribution is 7.98. The van der Waals surface area contributed by atoms with Crippen LogP contribution in [0, 0.1) is 0 Å². The largest absolute Gasteiger partial charge is 0.462 e. The molecule has 0 saturated heterocycles. The first-order valence-electron chi connectivity index (χ1n) is 9.68. The molecule has 0 atom stereocenters. The number of hydrogen-bond acceptors (Lipinski definition) is 7. The molecule has 0 saturated carbocycles. The smallest absolute Gasteiger partial charge is 0.342 e. The van der Waals surface area contributed by atoms with Gasteiger partial charge in [0.25, 0.3) is 0 Å². The minimum atomic E-state index is -3.54. The summed E-state index contributed by atoms with van der Waals surface area (Å²) < 4.78 is 37.6. The average molecular weight is 449 g/mol. The number of aromatic nitrogens is 1. The van der Waals surface area contributed by atoms with Gasteiger partial charge in [-0.05, 0) is 25.1 Å². The number of furan rings is 1. The van der Waals surface area contributed by atoms with Crippen molar-refractivity contribution in [2.24, 2.45) is 0 Å². The van der Waals surface area contributed by atoms with Gasteiger partial charge in [0.05, 0.1) is 17.4 Å². The van der Waals surface area contributed by atoms with Crippen molar-refractivity contribution in [2.75, 3.05) is 19.7 Å². The fourth-order valence-corrected chi connectivity index (χ4v) is 5.26. The molecule has 2 aromatic heterocycles. The minimum absolute atomic E-state index is 0.159. The number of carbonyl (C=O) groups excluding carboxylic acids is 1. The van der Waals surface area contributed by atoms with E-state index in [1.807, 2.05) is 18.2 Å². The van der Waals surface area contributed by atoms with Gasteiger partial charge in [-0.15, -0.1) is 0 Å². The van der Waals surface area contributed by atoms with Crippen molar-refractivity contribution in [1.29, 1.82) is 0 Å². The minimum Gasteiger partial charge on any atom is -0.462 e. The second-order valence-corrected chi connectivity index (χ2v) is 9.26. The number of esters is 1. The van der Waals surface area contributed by atoms with Gasteiger partial charge >= 0.3 is 5.97 Å². The number of nitrogens with zero attached hydrogens (tertiary/aromatic N) is 2. The summed E-state index contributed by atoms with van der Waals surface area (Å²) in [6.07, 6.45) is 1.36. The van der Waals surface area contributed by atoms with Crippen molar-refractivity contribution in [2.45, 2.75) is 36.4 Å². The Bertz CT molecular complexity index is 1120. The second-order valence-electron chi connectivity index (χ2n) is 6.33. The van der Waals surface area contributed by atoms with Gasteiger partial charge in [-0.1, -0.05) is 43.8 Å². The highest BCUT2D eigenvalue weighted by Crippen LogP contribution is 2.31. The first kappa shape index (κ1) is 22.3. The Morgan fingerprint density at radius 3 is 2.50 bits per heavy atom. The topological polar surface area (TPSA) is 89.7 Å². The average Bonchev–Trinajstić information content (AvgIpc) is 3.12. The van der Waals surface area contributed by atoms with Gasteiger partial charge in [0, 0.05) is 24.7 Å². The normalized spacial score (nSPS) is 11.9. The molecule has 0 spiro atoms. The zero-order valence-electron chi connectivity index (χ0n) is 17.1. The van der Waals surface area contributed by atoms with Gasteiger partial charge in [-0.3, -0.25) is 0 Å². The van der Waals surface area contributed by atoms with Crippen LogP contribution in [0.1, 0.15) is 36.9 Å². The van der Waals surface area contributed by atoms with Crippen LogP contribution in [0.3, 0.4) is 0 Å². The van der Waals surface area contributed by atoms with Crippen molar-refractivity contribution >= 4 is 38.7 Å². The molecule has 1 aromatic carbocycles. The molecule has 160 valence electrons. The zero-order valence-corrected chi connectivity index (χ0v) is 18.8. The number of benzene rings is 1. The maximum Gasteiger partial charge on any atom is 0.342 e. The number of thioether (sulfide) groups is 1. The monoisotopic (exact) mass is 448 g/mol. The lowest BCUT2D eigenvalue weighted by Gasteiger charge is -2.18. The summed E-state index contributed by atoms with van der Waals surface area (Å²) in [5.41, 5.74) is 1.03. The molecule has 7 nitrogen and oxygen atoms in total. The summed E-state index contributed by atoms with van der Waals surface area (Å²) in [5.74, 6) is 0.436. The quantitative estimate of drug-likeness (QED) is 0.355. The van der Waals surface area contributed by atoms with Crippen LogP contribution < -0.4 is 0 Å². The standard InChI is InChI=1S/C21H24N2O5S2/c1-4-23(5-2)30(25,26)15-11-12-19(22-13-15)29-14-18-20(21(24)27-6-3)16-9-7-8-10-17(16)28-18/h7-13H,4-6,14H2,1-3H3. The van der Waals surface area contributed by atoms with E-state index in [9.17, 15) is 13.2 Å². The lowest BCUT2D eigenvalue weighted by Crippen LogP contribution is -2.30. The van der Waals surface area contributed by atoms with Crippen LogP contribution in [0.25, 0.3) is 11.0 Å². The zero-order chi connectivity index (χ0) is 21.7. The molecule has 0 fully saturated rings. The third-order valence-electron chi connectivity index (χ3n) is 4.55. The van der Waals surface area contributed by atoms with E-state index in [0.717, 1.165) is 0 Å². The summed E-state index contributed by atoms with van der Waals surface area (Å²) in [4.78, 5) is 16.9. The lowest BCUT2D eigenvalue weighted by molar-refractivity contribution is 0.0526. The number of ether oxygens (including phenoxy) is 1. The summed E-state index contributed by atoms with van der Waals surface area (Å²) >= 11 is 1.36. The van der Waals surface area contributed by atoms with Gasteiger partial charge in [-0.2, -0.15) is 4.31 Å². The molecule has 3 aromatic rings. The van der Waals surface area contributed by atoms with Gasteiger partial charge in [0.1, 0.15) is 21.8 Å². The molecule has 0 bridgehead atoms. The molecule has 0 aliphatic carbocycles. The highest BCUT2D eigenvalue weighted by atomic mass is 32.2. The number of sulfonamides is 1. The number of rotatable bonds is 9. The predicted octanol–water partition coefficient (Wildman–Crippen LogP) is 4.33. The molecular weight excluding hydrogens is 424 g/mol. The molecule has 2 heterocycles. The Morgan fingerprint density at radius 2 is 1.87 bits per heavy atom. The van der Waals surface area contributed by atoms with Crippen molar-refractivity contribution in [3.63, 3.8) is 0 Å². The van der Waals surface area contributed by atoms with E-state index in [-0.39, 0.29) is 11.5 Å². The number of para-hydroxylation sites is 1. The molecular formula is C21H24N2O5S2. The summed E-state index contributed by atoms with van der Waals surface area (Å²) in [6, 6.07) is 10.5. The fraction of sp³-hybridized carbons (Fsp3) is 0.333. The van der Waals surface area contributed by atoms with Crippen LogP contribution in [0.4, 0.5) is 0 Å². The van der Waals surface area contributed by atoms with Gasteiger partial charge < -0.3 is 9.15 Å². The summed E-state index contributed by atoms with van der Waals surface area (Å²) in [7, 11) is -3.54. The highest BCUT2D eigenvalue weighted by Gasteiger charge is 2.23. The number of hydrogen-bond donors (Lipinski definition) is 0. The van der Waals surface area contributed by atoms with E-state index in [1.54, 1.807) is 39.0 Å². The maximum atomic E-state index is 12.6. The molecule has 0 unspecified atom stereocenters. The van der Waals surface area contributed by atoms with E-state index >= 15 is 0 Å². The SMILES string of the molecule is CCOC(=O)c1c(CSc2ccc(S(=O)(=O)N(CC)CC)cn2)oc2ccccc12. The Hall–Kier alpha value is -2.36. The number of carbonyl (C=O) groups is 1. The third kappa shape index (κ3) is 4.53. The van der Waals surface area contributed by atoms with E-state index in [1.165, 1.54) is 22.3 Å². The Labute approximate surface area is 180 Å². The summed E-state index contributed by atoms with van der Waals surface area (Å²) in [6.45, 7) is 6.43. The van der Waals surface area contributed by atoms with Crippen molar-refractivity contribution in [3.05, 3.63) is 53.9 Å². The predicted molar refractivity (Wildman–Crippen MR) is 116 cm³/mol. The molecule has 3 rings (SSSR count). The molecule has 0 aliphatic heterocycles. The molecule has 0 N–H and O–H groups in total. The van der Waals surface area contributed by atoms with Crippen LogP contribution in [0.2, 0.25) is 0 Å². The van der Waals surface area contributed by atoms with Gasteiger partial charge in [-0.25, -0.2) is 18.2 Å². The molecule has 30 heavy (non-hydrogen) atoms. The Balaban J connectivity index is 1.82. The van der Waals surface area contributed by atoms with Crippen molar-refractivity contribution in [1.82, 2.24) is 9.29 Å². The Kier molecular flexibility index (Phi) is 7.17. The Morgan fingerprint density at radius 1 is 1.13 bits per heavy atom. The van der Waals surface area contributed by atoms with Crippen molar-refractivity contribution < 1.29 is 22.4 Å². The first-order chi connectivity index (χ1) is 14.4. The third-order valence-corrected chi connectivity index (χ3v) is 7.53. The van der Waals surface area contributed by atoms with Crippen molar-refractivity contribution in [3.8, 4) is 0 Å². The van der Waals surface area contributed by atoms with Gasteiger partial charge in [0.2, 0.25) is 10.0 Å². The van der Waals surface area contributed by atoms with E-state index in [4.69, 9.17) is 9.15 Å². The van der Waals surface area contributed by atoms with Crippen LogP contribution in [0.5, 0.6) is 0 Å². The van der Waals surface area contributed by atoms with E-state index in [2.05, 4.69) is 4.98 Å². The second kappa shape index (κ2) is 9.63. The lowest BCUT2D eigenvalue weighted by atomic mass is 10.1. The maximum absolute atomic E-state index is 12.6. The van der Waals surface area contributed by atoms with E-state index in [0.29, 0.717) is 46.2 Å². The number of pyridine rings is 1. The molecule has 0 amide bonds. The van der Waals surface area contributed by atoms with Crippen LogP contribution in [-0.4, -0.2) is 43.4 Å². The molecule has 0 aliphatic rings. The summed E-state index contributed by atoms with van der Waals surface area (Å²) in [5, 5.41) is 1.34. The fourth-order valence-electron chi connectivity index (χ4n) is 3.08. The first-order valence-corrected chi connectivity index (χ1v) is 12.1. The molecule has 0 radical (unpaired) electrons. The molecule has 9 heteroatoms. The van der Waals surface area contributed by atoms with E-state index < -0.39 is 16.0 Å². The van der Waals surface area contributed by atoms with Gasteiger partial charge in [0.15, 0.2) is 0 Å². The number of fused-ring (bicyclic) bond motifs is 1. The van der Waals surface area contributed by atoms with Crippen LogP contribution in [0.15, 0.2) is 56.9 Å². The van der Waals surface area contributed by atoms with Crippen LogP contribution >= 0.6 is 11.8 Å².